The summed E-state index contributed by atoms with van der Waals surface area (Å²) in [5.74, 6) is -0.409. The van der Waals surface area contributed by atoms with Crippen LogP contribution in [0, 0.1) is 0 Å². The zero-order valence-corrected chi connectivity index (χ0v) is 26.0. The number of benzene rings is 1. The molecule has 0 saturated carbocycles. The van der Waals surface area contributed by atoms with Crippen LogP contribution in [0.5, 0.6) is 5.75 Å². The summed E-state index contributed by atoms with van der Waals surface area (Å²) in [6, 6.07) is 7.20. The van der Waals surface area contributed by atoms with Gasteiger partial charge in [-0.3, -0.25) is 24.7 Å². The molecule has 5 rings (SSSR count). The normalized spacial score (nSPS) is 16.3. The predicted octanol–water partition coefficient (Wildman–Crippen LogP) is 1.84. The van der Waals surface area contributed by atoms with E-state index < -0.39 is 12.0 Å². The highest BCUT2D eigenvalue weighted by Crippen LogP contribution is 2.40. The van der Waals surface area contributed by atoms with Crippen molar-refractivity contribution >= 4 is 46.4 Å². The summed E-state index contributed by atoms with van der Waals surface area (Å²) >= 11 is 1.28. The molecular weight excluding hydrogens is 602 g/mol. The zero-order valence-electron chi connectivity index (χ0n) is 25.2. The highest BCUT2D eigenvalue weighted by atomic mass is 32.1. The van der Waals surface area contributed by atoms with Crippen LogP contribution in [0.25, 0.3) is 10.6 Å². The number of carbonyl (C=O) groups excluding carboxylic acids is 3. The van der Waals surface area contributed by atoms with Gasteiger partial charge in [-0.1, -0.05) is 6.07 Å². The first-order valence-electron chi connectivity index (χ1n) is 14.6. The number of thiazole rings is 1. The number of amides is 3. The fourth-order valence-corrected chi connectivity index (χ4v) is 6.54. The van der Waals surface area contributed by atoms with Gasteiger partial charge in [0.05, 0.1) is 44.0 Å². The van der Waals surface area contributed by atoms with Gasteiger partial charge in [0.1, 0.15) is 9.88 Å². The van der Waals surface area contributed by atoms with Crippen LogP contribution in [0.2, 0.25) is 0 Å². The molecular formula is C29H37N9O6S. The fourth-order valence-electron chi connectivity index (χ4n) is 5.64. The number of aliphatic hydroxyl groups is 1. The van der Waals surface area contributed by atoms with Crippen LogP contribution in [-0.4, -0.2) is 126 Å². The van der Waals surface area contributed by atoms with Gasteiger partial charge in [-0.15, -0.1) is 21.5 Å². The van der Waals surface area contributed by atoms with Crippen molar-refractivity contribution in [3.63, 3.8) is 0 Å². The SMILES string of the molecule is COC(=O)Nc1cc(Nc2cccc(-c3ncc(C(=O)N4CCC(N5CCN(CCO)CC5)CC4)s3)c2OC)c(C(N)=O)nn1. The molecule has 240 valence electrons. The molecule has 3 amide bonds. The highest BCUT2D eigenvalue weighted by molar-refractivity contribution is 7.17. The maximum atomic E-state index is 13.4. The molecule has 16 heteroatoms. The molecule has 4 heterocycles. The smallest absolute Gasteiger partial charge is 0.412 e. The van der Waals surface area contributed by atoms with E-state index in [4.69, 9.17) is 10.5 Å². The molecule has 1 aromatic carbocycles. The Hall–Kier alpha value is -4.38. The average molecular weight is 640 g/mol. The molecule has 0 radical (unpaired) electrons. The number of carbonyl (C=O) groups is 3. The number of piperidine rings is 1. The number of hydrogen-bond acceptors (Lipinski definition) is 13. The van der Waals surface area contributed by atoms with E-state index in [1.165, 1.54) is 31.6 Å². The van der Waals surface area contributed by atoms with Gasteiger partial charge in [0.2, 0.25) is 0 Å². The van der Waals surface area contributed by atoms with Crippen molar-refractivity contribution in [2.45, 2.75) is 18.9 Å². The monoisotopic (exact) mass is 639 g/mol. The molecule has 5 N–H and O–H groups in total. The van der Waals surface area contributed by atoms with E-state index in [1.54, 1.807) is 18.3 Å². The summed E-state index contributed by atoms with van der Waals surface area (Å²) in [5.41, 5.74) is 6.66. The van der Waals surface area contributed by atoms with Crippen LogP contribution in [0.15, 0.2) is 30.5 Å². The van der Waals surface area contributed by atoms with Crippen molar-refractivity contribution in [3.8, 4) is 16.3 Å². The summed E-state index contributed by atoms with van der Waals surface area (Å²) in [7, 11) is 2.71. The molecule has 3 aromatic rings. The Morgan fingerprint density at radius 2 is 1.82 bits per heavy atom. The number of aliphatic hydroxyl groups excluding tert-OH is 1. The molecule has 45 heavy (non-hydrogen) atoms. The number of likely N-dealkylation sites (tertiary alicyclic amines) is 1. The Kier molecular flexibility index (Phi) is 10.4. The summed E-state index contributed by atoms with van der Waals surface area (Å²) in [6.45, 7) is 6.18. The number of rotatable bonds is 10. The Balaban J connectivity index is 1.28. The van der Waals surface area contributed by atoms with Crippen LogP contribution in [-0.2, 0) is 4.74 Å². The number of nitrogens with zero attached hydrogens (tertiary/aromatic N) is 6. The van der Waals surface area contributed by atoms with E-state index in [-0.39, 0.29) is 29.7 Å². The Morgan fingerprint density at radius 3 is 2.49 bits per heavy atom. The zero-order chi connectivity index (χ0) is 31.9. The second kappa shape index (κ2) is 14.6. The topological polar surface area (TPSA) is 188 Å². The van der Waals surface area contributed by atoms with E-state index in [0.29, 0.717) is 46.0 Å². The molecule has 2 aromatic heterocycles. The molecule has 0 spiro atoms. The molecule has 2 saturated heterocycles. The van der Waals surface area contributed by atoms with Crippen molar-refractivity contribution < 1.29 is 29.0 Å². The lowest BCUT2D eigenvalue weighted by atomic mass is 10.0. The number of hydrogen-bond donors (Lipinski definition) is 4. The van der Waals surface area contributed by atoms with Crippen molar-refractivity contribution in [1.82, 2.24) is 29.9 Å². The van der Waals surface area contributed by atoms with Crippen molar-refractivity contribution in [2.75, 3.05) is 77.3 Å². The maximum Gasteiger partial charge on any atom is 0.412 e. The summed E-state index contributed by atoms with van der Waals surface area (Å²) in [5, 5.41) is 22.9. The first kappa shape index (κ1) is 32.0. The first-order chi connectivity index (χ1) is 21.8. The van der Waals surface area contributed by atoms with E-state index in [9.17, 15) is 19.5 Å². The summed E-state index contributed by atoms with van der Waals surface area (Å²) in [6.07, 6.45) is 2.69. The molecule has 0 unspecified atom stereocenters. The minimum atomic E-state index is -0.822. The number of para-hydroxylation sites is 1. The van der Waals surface area contributed by atoms with Gasteiger partial charge < -0.3 is 30.5 Å². The number of primary amides is 1. The lowest BCUT2D eigenvalue weighted by Gasteiger charge is -2.42. The van der Waals surface area contributed by atoms with Crippen LogP contribution < -0.4 is 21.1 Å². The highest BCUT2D eigenvalue weighted by Gasteiger charge is 2.30. The van der Waals surface area contributed by atoms with Crippen LogP contribution in [0.1, 0.15) is 33.0 Å². The number of β-amino-alcohol motifs (C(OH)–C–C–N with tert-alkyl or cyclic N) is 1. The predicted molar refractivity (Wildman–Crippen MR) is 168 cm³/mol. The second-order valence-corrected chi connectivity index (χ2v) is 11.7. The Morgan fingerprint density at radius 1 is 1.07 bits per heavy atom. The van der Waals surface area contributed by atoms with Gasteiger partial charge in [0, 0.05) is 57.9 Å². The van der Waals surface area contributed by atoms with E-state index >= 15 is 0 Å². The number of anilines is 3. The fraction of sp³-hybridized carbons (Fsp3) is 0.448. The number of methoxy groups -OCH3 is 2. The number of ether oxygens (including phenoxy) is 2. The van der Waals surface area contributed by atoms with Crippen molar-refractivity contribution in [3.05, 3.63) is 41.0 Å². The standard InChI is InChI=1S/C29H37N9O6S/c1-43-25-19(4-3-5-20(25)32-21-16-23(33-29(42)44-2)34-35-24(21)26(30)40)27-31-17-22(45-27)28(41)38-8-6-18(7-9-38)37-12-10-36(11-13-37)14-15-39/h3-5,16-18,39H,6-15H2,1-2H3,(H2,30,40)(H2,32,33,34,42). The van der Waals surface area contributed by atoms with Gasteiger partial charge in [-0.2, -0.15) is 0 Å². The van der Waals surface area contributed by atoms with E-state index in [1.807, 2.05) is 11.0 Å². The molecule has 2 aliphatic heterocycles. The molecule has 2 fully saturated rings. The second-order valence-electron chi connectivity index (χ2n) is 10.6. The number of piperazine rings is 1. The molecule has 0 aliphatic carbocycles. The molecule has 0 bridgehead atoms. The Labute approximate surface area is 264 Å². The molecule has 0 atom stereocenters. The third-order valence-electron chi connectivity index (χ3n) is 7.97. The maximum absolute atomic E-state index is 13.4. The minimum absolute atomic E-state index is 0.0391. The van der Waals surface area contributed by atoms with Gasteiger partial charge in [-0.05, 0) is 25.0 Å². The molecule has 15 nitrogen and oxygen atoms in total. The number of nitrogens with one attached hydrogen (secondary N) is 2. The Bertz CT molecular complexity index is 1520. The third kappa shape index (κ3) is 7.47. The lowest BCUT2D eigenvalue weighted by molar-refractivity contribution is 0.0453. The lowest BCUT2D eigenvalue weighted by Crippen LogP contribution is -2.54. The minimum Gasteiger partial charge on any atom is -0.494 e. The van der Waals surface area contributed by atoms with E-state index in [0.717, 1.165) is 45.6 Å². The molecule has 2 aliphatic rings. The van der Waals surface area contributed by atoms with Gasteiger partial charge in [0.15, 0.2) is 17.3 Å². The quantitative estimate of drug-likeness (QED) is 0.252. The summed E-state index contributed by atoms with van der Waals surface area (Å²) < 4.78 is 10.3. The van der Waals surface area contributed by atoms with Crippen molar-refractivity contribution in [2.24, 2.45) is 5.73 Å². The van der Waals surface area contributed by atoms with Gasteiger partial charge >= 0.3 is 6.09 Å². The van der Waals surface area contributed by atoms with Gasteiger partial charge in [-0.25, -0.2) is 9.78 Å². The van der Waals surface area contributed by atoms with E-state index in [2.05, 4.69) is 40.4 Å². The van der Waals surface area contributed by atoms with Crippen LogP contribution >= 0.6 is 11.3 Å². The largest absolute Gasteiger partial charge is 0.494 e. The average Bonchev–Trinajstić information content (AvgIpc) is 3.55. The van der Waals surface area contributed by atoms with Crippen LogP contribution in [0.3, 0.4) is 0 Å². The van der Waals surface area contributed by atoms with Crippen molar-refractivity contribution in [1.29, 1.82) is 0 Å². The third-order valence-corrected chi connectivity index (χ3v) is 8.99. The van der Waals surface area contributed by atoms with Gasteiger partial charge in [0.25, 0.3) is 11.8 Å². The number of aromatic nitrogens is 3. The first-order valence-corrected chi connectivity index (χ1v) is 15.4. The summed E-state index contributed by atoms with van der Waals surface area (Å²) in [4.78, 5) is 48.9. The number of nitrogens with two attached hydrogens (primary N) is 1. The van der Waals surface area contributed by atoms with Crippen LogP contribution in [0.4, 0.5) is 22.0 Å².